The topological polar surface area (TPSA) is 91.9 Å². The van der Waals surface area contributed by atoms with Gasteiger partial charge in [0.05, 0.1) is 35.1 Å². The van der Waals surface area contributed by atoms with Gasteiger partial charge in [-0.3, -0.25) is 9.36 Å². The fraction of sp³-hybridized carbons (Fsp3) is 0.267. The first kappa shape index (κ1) is 27.5. The lowest BCUT2D eigenvalue weighted by atomic mass is 10.0. The number of esters is 2. The quantitative estimate of drug-likeness (QED) is 0.319. The molecule has 1 aliphatic heterocycles. The Morgan fingerprint density at radius 3 is 2.55 bits per heavy atom. The molecular weight excluding hydrogens is 546 g/mol. The van der Waals surface area contributed by atoms with Gasteiger partial charge in [0.2, 0.25) is 0 Å². The summed E-state index contributed by atoms with van der Waals surface area (Å²) in [6.45, 7) is 9.63. The molecule has 40 heavy (non-hydrogen) atoms. The number of aryl methyl sites for hydroxylation is 1. The summed E-state index contributed by atoms with van der Waals surface area (Å²) in [5, 5.41) is 1.93. The third-order valence-corrected chi connectivity index (χ3v) is 8.95. The molecule has 5 rings (SSSR count). The van der Waals surface area contributed by atoms with Gasteiger partial charge in [0.15, 0.2) is 4.80 Å². The smallest absolute Gasteiger partial charge is 0.338 e. The maximum Gasteiger partial charge on any atom is 0.338 e. The summed E-state index contributed by atoms with van der Waals surface area (Å²) in [4.78, 5) is 45.2. The van der Waals surface area contributed by atoms with E-state index in [9.17, 15) is 14.4 Å². The lowest BCUT2D eigenvalue weighted by Crippen LogP contribution is -2.39. The van der Waals surface area contributed by atoms with Crippen molar-refractivity contribution >= 4 is 40.7 Å². The van der Waals surface area contributed by atoms with E-state index in [-0.39, 0.29) is 18.1 Å². The number of rotatable bonds is 6. The Balaban J connectivity index is 1.67. The molecule has 0 amide bonds. The van der Waals surface area contributed by atoms with Crippen LogP contribution in [0.3, 0.4) is 0 Å². The molecule has 0 aliphatic carbocycles. The molecule has 4 heterocycles. The highest BCUT2D eigenvalue weighted by molar-refractivity contribution is 7.10. The van der Waals surface area contributed by atoms with Gasteiger partial charge in [-0.1, -0.05) is 23.5 Å². The van der Waals surface area contributed by atoms with Crippen molar-refractivity contribution in [1.82, 2.24) is 9.13 Å². The number of carbonyl (C=O) groups excluding carboxylic acids is 2. The Morgan fingerprint density at radius 1 is 1.10 bits per heavy atom. The van der Waals surface area contributed by atoms with E-state index in [1.807, 2.05) is 62.6 Å². The molecule has 8 nitrogen and oxygen atoms in total. The zero-order valence-electron chi connectivity index (χ0n) is 23.1. The molecule has 0 saturated heterocycles. The van der Waals surface area contributed by atoms with Crippen LogP contribution in [0.2, 0.25) is 0 Å². The Bertz CT molecular complexity index is 1860. The number of thiophene rings is 1. The van der Waals surface area contributed by atoms with Crippen LogP contribution in [0.1, 0.15) is 57.6 Å². The van der Waals surface area contributed by atoms with Crippen molar-refractivity contribution in [2.24, 2.45) is 4.99 Å². The molecule has 0 radical (unpaired) electrons. The first-order valence-corrected chi connectivity index (χ1v) is 14.5. The maximum atomic E-state index is 13.9. The van der Waals surface area contributed by atoms with Crippen LogP contribution >= 0.6 is 22.7 Å². The highest BCUT2D eigenvalue weighted by atomic mass is 32.1. The van der Waals surface area contributed by atoms with Gasteiger partial charge in [-0.05, 0) is 81.5 Å². The van der Waals surface area contributed by atoms with E-state index in [0.717, 1.165) is 33.1 Å². The molecule has 4 aromatic rings. The van der Waals surface area contributed by atoms with Gasteiger partial charge in [-0.2, -0.15) is 0 Å². The summed E-state index contributed by atoms with van der Waals surface area (Å²) in [5.74, 6) is -0.856. The third-order valence-electron chi connectivity index (χ3n) is 7.04. The van der Waals surface area contributed by atoms with Gasteiger partial charge in [0, 0.05) is 22.0 Å². The molecule has 0 saturated carbocycles. The predicted molar refractivity (Wildman–Crippen MR) is 156 cm³/mol. The van der Waals surface area contributed by atoms with Crippen molar-refractivity contribution in [3.63, 3.8) is 0 Å². The molecule has 0 fully saturated rings. The van der Waals surface area contributed by atoms with Crippen LogP contribution in [0.4, 0.5) is 0 Å². The Hall–Kier alpha value is -4.02. The van der Waals surface area contributed by atoms with E-state index in [1.54, 1.807) is 24.5 Å². The van der Waals surface area contributed by atoms with Crippen molar-refractivity contribution < 1.29 is 19.1 Å². The average molecular weight is 576 g/mol. The molecule has 206 valence electrons. The molecular formula is C30H29N3O5S2. The van der Waals surface area contributed by atoms with Crippen molar-refractivity contribution in [3.05, 3.63) is 106 Å². The van der Waals surface area contributed by atoms with Crippen LogP contribution in [0.15, 0.2) is 62.8 Å². The van der Waals surface area contributed by atoms with Crippen LogP contribution in [0.5, 0.6) is 0 Å². The van der Waals surface area contributed by atoms with Gasteiger partial charge < -0.3 is 14.0 Å². The highest BCUT2D eigenvalue weighted by Crippen LogP contribution is 2.33. The van der Waals surface area contributed by atoms with Crippen molar-refractivity contribution in [2.45, 2.75) is 40.7 Å². The summed E-state index contributed by atoms with van der Waals surface area (Å²) in [6, 6.07) is 10.8. The van der Waals surface area contributed by atoms with E-state index in [1.165, 1.54) is 29.8 Å². The first-order chi connectivity index (χ1) is 19.2. The number of methoxy groups -OCH3 is 1. The minimum Gasteiger partial charge on any atom is -0.465 e. The van der Waals surface area contributed by atoms with Crippen molar-refractivity contribution in [2.75, 3.05) is 13.7 Å². The normalized spacial score (nSPS) is 15.2. The molecule has 10 heteroatoms. The van der Waals surface area contributed by atoms with Crippen molar-refractivity contribution in [1.29, 1.82) is 0 Å². The molecule has 1 aromatic carbocycles. The molecule has 0 unspecified atom stereocenters. The number of carbonyl (C=O) groups is 2. The fourth-order valence-electron chi connectivity index (χ4n) is 5.15. The second-order valence-corrected chi connectivity index (χ2v) is 11.4. The number of aromatic nitrogens is 2. The fourth-order valence-corrected chi connectivity index (χ4v) is 7.01. The summed E-state index contributed by atoms with van der Waals surface area (Å²) in [6.07, 6.45) is 1.87. The number of nitrogens with zero attached hydrogens (tertiary/aromatic N) is 3. The largest absolute Gasteiger partial charge is 0.465 e. The number of ether oxygens (including phenoxy) is 2. The van der Waals surface area contributed by atoms with Crippen LogP contribution in [0.25, 0.3) is 11.8 Å². The predicted octanol–water partition coefficient (Wildman–Crippen LogP) is 4.36. The van der Waals surface area contributed by atoms with Crippen molar-refractivity contribution in [3.8, 4) is 5.69 Å². The van der Waals surface area contributed by atoms with E-state index >= 15 is 0 Å². The molecule has 3 aromatic heterocycles. The minimum atomic E-state index is -0.603. The first-order valence-electron chi connectivity index (χ1n) is 12.8. The Kier molecular flexibility index (Phi) is 7.48. The summed E-state index contributed by atoms with van der Waals surface area (Å²) < 4.78 is 14.5. The van der Waals surface area contributed by atoms with E-state index in [2.05, 4.69) is 9.56 Å². The standard InChI is InChI=1S/C30H29N3O5S2/c1-7-38-29(36)25-18(4)31-30-33(26(25)23-12-9-13-39-23)27(34)24(40-30)15-20-14-16(2)32(19(20)5)22-11-8-10-21(17(22)3)28(35)37-6/h8-15,26H,7H2,1-6H3/b24-15+/t26-/m0/s1. The molecule has 0 N–H and O–H groups in total. The lowest BCUT2D eigenvalue weighted by Gasteiger charge is -2.23. The average Bonchev–Trinajstić information content (AvgIpc) is 3.63. The zero-order chi connectivity index (χ0) is 28.7. The van der Waals surface area contributed by atoms with E-state index in [4.69, 9.17) is 9.47 Å². The van der Waals surface area contributed by atoms with Gasteiger partial charge in [-0.25, -0.2) is 14.6 Å². The summed E-state index contributed by atoms with van der Waals surface area (Å²) >= 11 is 2.78. The number of fused-ring (bicyclic) bond motifs is 1. The van der Waals surface area contributed by atoms with Gasteiger partial charge in [0.1, 0.15) is 6.04 Å². The van der Waals surface area contributed by atoms with Gasteiger partial charge in [-0.15, -0.1) is 11.3 Å². The molecule has 0 bridgehead atoms. The van der Waals surface area contributed by atoms with E-state index in [0.29, 0.717) is 26.2 Å². The molecule has 1 aliphatic rings. The monoisotopic (exact) mass is 575 g/mol. The number of hydrogen-bond acceptors (Lipinski definition) is 8. The van der Waals surface area contributed by atoms with Crippen LogP contribution < -0.4 is 14.9 Å². The third kappa shape index (κ3) is 4.56. The second-order valence-electron chi connectivity index (χ2n) is 9.42. The van der Waals surface area contributed by atoms with Gasteiger partial charge >= 0.3 is 11.9 Å². The minimum absolute atomic E-state index is 0.217. The van der Waals surface area contributed by atoms with Crippen LogP contribution in [0, 0.1) is 20.8 Å². The second kappa shape index (κ2) is 10.9. The van der Waals surface area contributed by atoms with Crippen LogP contribution in [-0.2, 0) is 14.3 Å². The number of thiazole rings is 1. The van der Waals surface area contributed by atoms with E-state index < -0.39 is 12.0 Å². The molecule has 1 atom stereocenters. The molecule has 0 spiro atoms. The Labute approximate surface area is 239 Å². The summed E-state index contributed by atoms with van der Waals surface area (Å²) in [5.41, 5.74) is 5.64. The SMILES string of the molecule is CCOC(=O)C1=C(C)N=c2s/c(=C/c3cc(C)n(-c4cccc(C(=O)OC)c4C)c3C)c(=O)n2[C@H]1c1cccs1. The summed E-state index contributed by atoms with van der Waals surface area (Å²) in [7, 11) is 1.37. The highest BCUT2D eigenvalue weighted by Gasteiger charge is 2.34. The number of hydrogen-bond donors (Lipinski definition) is 0. The number of allylic oxidation sites excluding steroid dienone is 1. The maximum absolute atomic E-state index is 13.9. The lowest BCUT2D eigenvalue weighted by molar-refractivity contribution is -0.139. The van der Waals surface area contributed by atoms with Gasteiger partial charge in [0.25, 0.3) is 5.56 Å². The Morgan fingerprint density at radius 2 is 1.88 bits per heavy atom. The number of benzene rings is 1. The van der Waals surface area contributed by atoms with Crippen LogP contribution in [-0.4, -0.2) is 34.8 Å². The zero-order valence-corrected chi connectivity index (χ0v) is 24.7.